The van der Waals surface area contributed by atoms with E-state index in [4.69, 9.17) is 16.0 Å². The lowest BCUT2D eigenvalue weighted by molar-refractivity contribution is -0.0767. The first-order valence-electron chi connectivity index (χ1n) is 7.19. The predicted octanol–water partition coefficient (Wildman–Crippen LogP) is 5.12. The third kappa shape index (κ3) is 2.47. The van der Waals surface area contributed by atoms with E-state index in [0.29, 0.717) is 16.7 Å². The molecule has 0 saturated heterocycles. The average molecular weight is 293 g/mol. The smallest absolute Gasteiger partial charge is 0.136 e. The van der Waals surface area contributed by atoms with Gasteiger partial charge in [0.25, 0.3) is 0 Å². The Balaban J connectivity index is 2.04. The van der Waals surface area contributed by atoms with Gasteiger partial charge in [0.1, 0.15) is 16.9 Å². The second-order valence-electron chi connectivity index (χ2n) is 7.18. The van der Waals surface area contributed by atoms with Crippen molar-refractivity contribution in [1.82, 2.24) is 0 Å². The van der Waals surface area contributed by atoms with Gasteiger partial charge in [-0.1, -0.05) is 32.4 Å². The van der Waals surface area contributed by atoms with Crippen molar-refractivity contribution in [3.05, 3.63) is 35.0 Å². The van der Waals surface area contributed by atoms with Gasteiger partial charge < -0.3 is 9.52 Å². The molecule has 3 heteroatoms. The summed E-state index contributed by atoms with van der Waals surface area (Å²) < 4.78 is 5.90. The molecule has 108 valence electrons. The Labute approximate surface area is 124 Å². The van der Waals surface area contributed by atoms with Crippen molar-refractivity contribution < 1.29 is 9.52 Å². The average Bonchev–Trinajstić information content (AvgIpc) is 2.68. The molecule has 1 aliphatic carbocycles. The summed E-state index contributed by atoms with van der Waals surface area (Å²) in [4.78, 5) is 0. The summed E-state index contributed by atoms with van der Waals surface area (Å²) >= 11 is 6.01. The van der Waals surface area contributed by atoms with E-state index < -0.39 is 5.60 Å². The highest BCUT2D eigenvalue weighted by molar-refractivity contribution is 6.31. The molecular formula is C17H21ClO2. The molecule has 20 heavy (non-hydrogen) atoms. The summed E-state index contributed by atoms with van der Waals surface area (Å²) in [6.45, 7) is 6.63. The van der Waals surface area contributed by atoms with Crippen molar-refractivity contribution in [3.8, 4) is 0 Å². The Morgan fingerprint density at radius 3 is 2.70 bits per heavy atom. The third-order valence-electron chi connectivity index (χ3n) is 4.30. The van der Waals surface area contributed by atoms with Crippen molar-refractivity contribution in [2.45, 2.75) is 45.6 Å². The van der Waals surface area contributed by atoms with Gasteiger partial charge in [0.2, 0.25) is 0 Å². The van der Waals surface area contributed by atoms with Crippen molar-refractivity contribution >= 4 is 22.6 Å². The monoisotopic (exact) mass is 292 g/mol. The zero-order valence-electron chi connectivity index (χ0n) is 12.2. The molecule has 0 aliphatic heterocycles. The number of hydrogen-bond acceptors (Lipinski definition) is 2. The normalized spacial score (nSPS) is 29.8. The van der Waals surface area contributed by atoms with E-state index in [2.05, 4.69) is 20.8 Å². The lowest BCUT2D eigenvalue weighted by Crippen LogP contribution is -2.39. The standard InChI is InChI=1S/C17H21ClO2/c1-11-8-16(2,3)10-17(19,9-11)15-7-12-6-13(18)4-5-14(12)20-15/h4-7,11,19H,8-10H2,1-3H3. The van der Waals surface area contributed by atoms with Crippen LogP contribution in [0.15, 0.2) is 28.7 Å². The van der Waals surface area contributed by atoms with Gasteiger partial charge >= 0.3 is 0 Å². The lowest BCUT2D eigenvalue weighted by atomic mass is 9.65. The van der Waals surface area contributed by atoms with E-state index in [1.54, 1.807) is 0 Å². The fourth-order valence-corrected chi connectivity index (χ4v) is 4.14. The summed E-state index contributed by atoms with van der Waals surface area (Å²) in [5.74, 6) is 1.16. The van der Waals surface area contributed by atoms with Gasteiger partial charge in [-0.25, -0.2) is 0 Å². The zero-order valence-corrected chi connectivity index (χ0v) is 13.0. The minimum Gasteiger partial charge on any atom is -0.458 e. The van der Waals surface area contributed by atoms with Crippen LogP contribution in [0, 0.1) is 11.3 Å². The summed E-state index contributed by atoms with van der Waals surface area (Å²) in [5, 5.41) is 12.7. The Morgan fingerprint density at radius 1 is 1.25 bits per heavy atom. The maximum absolute atomic E-state index is 11.1. The van der Waals surface area contributed by atoms with Crippen LogP contribution < -0.4 is 0 Å². The van der Waals surface area contributed by atoms with Gasteiger partial charge in [0.15, 0.2) is 0 Å². The molecule has 1 N–H and O–H groups in total. The largest absolute Gasteiger partial charge is 0.458 e. The summed E-state index contributed by atoms with van der Waals surface area (Å²) in [6.07, 6.45) is 2.63. The molecule has 1 fully saturated rings. The second-order valence-corrected chi connectivity index (χ2v) is 7.62. The Morgan fingerprint density at radius 2 is 2.00 bits per heavy atom. The molecule has 2 nitrogen and oxygen atoms in total. The first-order chi connectivity index (χ1) is 9.27. The number of furan rings is 1. The maximum Gasteiger partial charge on any atom is 0.136 e. The first-order valence-corrected chi connectivity index (χ1v) is 7.57. The first kappa shape index (κ1) is 14.0. The molecular weight excluding hydrogens is 272 g/mol. The maximum atomic E-state index is 11.1. The van der Waals surface area contributed by atoms with Crippen molar-refractivity contribution in [2.24, 2.45) is 11.3 Å². The van der Waals surface area contributed by atoms with E-state index in [1.165, 1.54) is 0 Å². The van der Waals surface area contributed by atoms with Crippen LogP contribution in [0.5, 0.6) is 0 Å². The predicted molar refractivity (Wildman–Crippen MR) is 81.9 cm³/mol. The van der Waals surface area contributed by atoms with E-state index in [0.717, 1.165) is 30.2 Å². The number of halogens is 1. The summed E-state index contributed by atoms with van der Waals surface area (Å²) in [7, 11) is 0. The van der Waals surface area contributed by atoms with E-state index in [1.807, 2.05) is 24.3 Å². The SMILES string of the molecule is CC1CC(C)(C)CC(O)(c2cc3cc(Cl)ccc3o2)C1. The number of aliphatic hydroxyl groups is 1. The van der Waals surface area contributed by atoms with Gasteiger partial charge in [-0.05, 0) is 54.9 Å². The van der Waals surface area contributed by atoms with Gasteiger partial charge in [-0.3, -0.25) is 0 Å². The molecule has 1 heterocycles. The molecule has 0 amide bonds. The van der Waals surface area contributed by atoms with Crippen LogP contribution in [0.4, 0.5) is 0 Å². The van der Waals surface area contributed by atoms with Crippen molar-refractivity contribution in [2.75, 3.05) is 0 Å². The molecule has 1 aromatic heterocycles. The van der Waals surface area contributed by atoms with Crippen molar-refractivity contribution in [3.63, 3.8) is 0 Å². The number of fused-ring (bicyclic) bond motifs is 1. The fourth-order valence-electron chi connectivity index (χ4n) is 3.96. The quantitative estimate of drug-likeness (QED) is 0.791. The number of benzene rings is 1. The fraction of sp³-hybridized carbons (Fsp3) is 0.529. The molecule has 1 aromatic carbocycles. The zero-order chi connectivity index (χ0) is 14.5. The number of hydrogen-bond donors (Lipinski definition) is 1. The van der Waals surface area contributed by atoms with Crippen LogP contribution in [0.2, 0.25) is 5.02 Å². The van der Waals surface area contributed by atoms with Gasteiger partial charge in [-0.15, -0.1) is 0 Å². The van der Waals surface area contributed by atoms with Crippen LogP contribution in [0.25, 0.3) is 11.0 Å². The minimum atomic E-state index is -0.868. The topological polar surface area (TPSA) is 33.4 Å². The van der Waals surface area contributed by atoms with E-state index >= 15 is 0 Å². The van der Waals surface area contributed by atoms with Crippen LogP contribution in [-0.4, -0.2) is 5.11 Å². The Kier molecular flexibility index (Phi) is 3.15. The third-order valence-corrected chi connectivity index (χ3v) is 4.53. The van der Waals surface area contributed by atoms with Crippen LogP contribution >= 0.6 is 11.6 Å². The summed E-state index contributed by atoms with van der Waals surface area (Å²) in [5.41, 5.74) is 0.0456. The van der Waals surface area contributed by atoms with Gasteiger partial charge in [-0.2, -0.15) is 0 Å². The van der Waals surface area contributed by atoms with E-state index in [-0.39, 0.29) is 5.41 Å². The van der Waals surface area contributed by atoms with Crippen LogP contribution in [0.1, 0.15) is 45.8 Å². The van der Waals surface area contributed by atoms with Gasteiger partial charge in [0.05, 0.1) is 0 Å². The molecule has 0 spiro atoms. The molecule has 1 saturated carbocycles. The Bertz CT molecular complexity index is 643. The molecule has 1 aliphatic rings. The van der Waals surface area contributed by atoms with Crippen LogP contribution in [0.3, 0.4) is 0 Å². The van der Waals surface area contributed by atoms with Gasteiger partial charge in [0, 0.05) is 10.4 Å². The second kappa shape index (κ2) is 4.51. The highest BCUT2D eigenvalue weighted by atomic mass is 35.5. The number of rotatable bonds is 1. The van der Waals surface area contributed by atoms with E-state index in [9.17, 15) is 5.11 Å². The molecule has 2 atom stereocenters. The minimum absolute atomic E-state index is 0.128. The molecule has 3 rings (SSSR count). The Hall–Kier alpha value is -0.990. The molecule has 0 radical (unpaired) electrons. The van der Waals surface area contributed by atoms with Crippen molar-refractivity contribution in [1.29, 1.82) is 0 Å². The van der Waals surface area contributed by atoms with Crippen LogP contribution in [-0.2, 0) is 5.60 Å². The highest BCUT2D eigenvalue weighted by Crippen LogP contribution is 2.49. The lowest BCUT2D eigenvalue weighted by Gasteiger charge is -2.43. The molecule has 2 unspecified atom stereocenters. The molecule has 2 aromatic rings. The summed E-state index contributed by atoms with van der Waals surface area (Å²) in [6, 6.07) is 7.50. The molecule has 0 bridgehead atoms. The highest BCUT2D eigenvalue weighted by Gasteiger charge is 2.44.